The highest BCUT2D eigenvalue weighted by Gasteiger charge is 2.35. The predicted octanol–water partition coefficient (Wildman–Crippen LogP) is 2.63. The first-order valence-corrected chi connectivity index (χ1v) is 9.51. The average Bonchev–Trinajstić information content (AvgIpc) is 3.28. The van der Waals surface area contributed by atoms with Gasteiger partial charge in [-0.1, -0.05) is 24.3 Å². The Morgan fingerprint density at radius 1 is 1.21 bits per heavy atom. The number of aryl methyl sites for hydroxylation is 1. The zero-order chi connectivity index (χ0) is 19.7. The van der Waals surface area contributed by atoms with E-state index in [9.17, 15) is 9.59 Å². The third-order valence-corrected chi connectivity index (χ3v) is 5.32. The van der Waals surface area contributed by atoms with E-state index in [4.69, 9.17) is 0 Å². The van der Waals surface area contributed by atoms with Crippen molar-refractivity contribution in [2.45, 2.75) is 6.42 Å². The number of nitrogens with zero attached hydrogens (tertiary/aromatic N) is 5. The summed E-state index contributed by atoms with van der Waals surface area (Å²) in [6.45, 7) is 0.347. The van der Waals surface area contributed by atoms with Crippen LogP contribution in [-0.4, -0.2) is 38.6 Å². The molecule has 2 aromatic carbocycles. The van der Waals surface area contributed by atoms with Crippen LogP contribution in [0.4, 0.5) is 11.4 Å². The predicted molar refractivity (Wildman–Crippen MR) is 107 cm³/mol. The minimum absolute atomic E-state index is 0.0639. The van der Waals surface area contributed by atoms with Crippen LogP contribution in [0.15, 0.2) is 53.0 Å². The second-order valence-electron chi connectivity index (χ2n) is 6.55. The number of tetrazole rings is 1. The summed E-state index contributed by atoms with van der Waals surface area (Å²) in [4.78, 5) is 26.8. The van der Waals surface area contributed by atoms with Gasteiger partial charge in [0.2, 0.25) is 11.8 Å². The van der Waals surface area contributed by atoms with E-state index in [1.165, 1.54) is 0 Å². The molecule has 2 amide bonds. The highest BCUT2D eigenvalue weighted by Crippen LogP contribution is 2.31. The molecule has 0 aliphatic carbocycles. The maximum atomic E-state index is 12.7. The van der Waals surface area contributed by atoms with E-state index in [1.54, 1.807) is 22.7 Å². The molecule has 1 aromatic heterocycles. The average molecular weight is 441 g/mol. The Hall–Kier alpha value is -3.07. The number of rotatable bonds is 4. The van der Waals surface area contributed by atoms with E-state index >= 15 is 0 Å². The fourth-order valence-electron chi connectivity index (χ4n) is 3.24. The zero-order valence-electron chi connectivity index (χ0n) is 15.0. The Morgan fingerprint density at radius 3 is 2.79 bits per heavy atom. The molecule has 28 heavy (non-hydrogen) atoms. The topological polar surface area (TPSA) is 93.0 Å². The van der Waals surface area contributed by atoms with Crippen LogP contribution in [0.25, 0.3) is 11.4 Å². The first-order chi connectivity index (χ1) is 13.5. The van der Waals surface area contributed by atoms with Crippen LogP contribution in [0.3, 0.4) is 0 Å². The second-order valence-corrected chi connectivity index (χ2v) is 7.41. The number of nitrogens with one attached hydrogen (secondary N) is 1. The molecular formula is C19H17BrN6O2. The van der Waals surface area contributed by atoms with Gasteiger partial charge in [0, 0.05) is 35.7 Å². The fourth-order valence-corrected chi connectivity index (χ4v) is 3.74. The van der Waals surface area contributed by atoms with Gasteiger partial charge < -0.3 is 10.2 Å². The molecule has 0 bridgehead atoms. The van der Waals surface area contributed by atoms with E-state index in [2.05, 4.69) is 36.8 Å². The summed E-state index contributed by atoms with van der Waals surface area (Å²) in [5, 5.41) is 14.3. The standard InChI is InChI=1S/C19H17BrN6O2/c1-25-18(22-23-24-25)12-5-4-6-14(9-12)21-19(28)13-10-17(27)26(11-13)16-8-3-2-7-15(16)20/h2-9,13H,10-11H2,1H3,(H,21,28). The number of hydrogen-bond acceptors (Lipinski definition) is 5. The summed E-state index contributed by atoms with van der Waals surface area (Å²) in [6, 6.07) is 14.8. The Labute approximate surface area is 169 Å². The molecule has 8 nitrogen and oxygen atoms in total. The number of amides is 2. The fraction of sp³-hybridized carbons (Fsp3) is 0.211. The van der Waals surface area contributed by atoms with Crippen molar-refractivity contribution in [3.8, 4) is 11.4 Å². The van der Waals surface area contributed by atoms with Crippen molar-refractivity contribution in [3.63, 3.8) is 0 Å². The number of halogens is 1. The second kappa shape index (κ2) is 7.51. The molecule has 3 aromatic rings. The minimum atomic E-state index is -0.417. The number of anilines is 2. The maximum Gasteiger partial charge on any atom is 0.229 e. The third kappa shape index (κ3) is 3.53. The first kappa shape index (κ1) is 18.3. The number of para-hydroxylation sites is 1. The van der Waals surface area contributed by atoms with E-state index in [1.807, 2.05) is 42.5 Å². The number of benzene rings is 2. The van der Waals surface area contributed by atoms with Gasteiger partial charge in [0.1, 0.15) is 0 Å². The Balaban J connectivity index is 1.48. The lowest BCUT2D eigenvalue weighted by atomic mass is 10.1. The van der Waals surface area contributed by atoms with Crippen LogP contribution in [0.2, 0.25) is 0 Å². The Morgan fingerprint density at radius 2 is 2.04 bits per heavy atom. The highest BCUT2D eigenvalue weighted by atomic mass is 79.9. The largest absolute Gasteiger partial charge is 0.326 e. The molecule has 1 aliphatic rings. The van der Waals surface area contributed by atoms with Gasteiger partial charge in [-0.25, -0.2) is 4.68 Å². The highest BCUT2D eigenvalue weighted by molar-refractivity contribution is 9.10. The van der Waals surface area contributed by atoms with Crippen molar-refractivity contribution in [3.05, 3.63) is 53.0 Å². The summed E-state index contributed by atoms with van der Waals surface area (Å²) < 4.78 is 2.39. The molecule has 1 fully saturated rings. The third-order valence-electron chi connectivity index (χ3n) is 4.65. The number of carbonyl (C=O) groups excluding carboxylic acids is 2. The van der Waals surface area contributed by atoms with Crippen LogP contribution in [0.5, 0.6) is 0 Å². The minimum Gasteiger partial charge on any atom is -0.326 e. The molecule has 0 spiro atoms. The van der Waals surface area contributed by atoms with Gasteiger partial charge in [0.25, 0.3) is 0 Å². The van der Waals surface area contributed by atoms with Crippen molar-refractivity contribution >= 4 is 39.1 Å². The van der Waals surface area contributed by atoms with Crippen LogP contribution in [0.1, 0.15) is 6.42 Å². The van der Waals surface area contributed by atoms with Gasteiger partial charge in [0.15, 0.2) is 5.82 Å². The van der Waals surface area contributed by atoms with Crippen LogP contribution in [0, 0.1) is 5.92 Å². The van der Waals surface area contributed by atoms with E-state index < -0.39 is 5.92 Å². The molecular weight excluding hydrogens is 424 g/mol. The molecule has 1 N–H and O–H groups in total. The van der Waals surface area contributed by atoms with E-state index in [0.717, 1.165) is 15.7 Å². The molecule has 1 atom stereocenters. The molecule has 1 unspecified atom stereocenters. The first-order valence-electron chi connectivity index (χ1n) is 8.71. The van der Waals surface area contributed by atoms with Crippen molar-refractivity contribution < 1.29 is 9.59 Å². The number of carbonyl (C=O) groups is 2. The van der Waals surface area contributed by atoms with Gasteiger partial charge in [0.05, 0.1) is 11.6 Å². The van der Waals surface area contributed by atoms with Gasteiger partial charge in [-0.3, -0.25) is 9.59 Å². The summed E-state index contributed by atoms with van der Waals surface area (Å²) in [5.74, 6) is -0.0610. The Bertz CT molecular complexity index is 1050. The zero-order valence-corrected chi connectivity index (χ0v) is 16.6. The monoisotopic (exact) mass is 440 g/mol. The lowest BCUT2D eigenvalue weighted by Gasteiger charge is -2.18. The van der Waals surface area contributed by atoms with Crippen molar-refractivity contribution in [1.29, 1.82) is 0 Å². The van der Waals surface area contributed by atoms with Crippen LogP contribution >= 0.6 is 15.9 Å². The summed E-state index contributed by atoms with van der Waals surface area (Å²) >= 11 is 3.46. The molecule has 2 heterocycles. The normalized spacial score (nSPS) is 16.4. The van der Waals surface area contributed by atoms with Gasteiger partial charge >= 0.3 is 0 Å². The lowest BCUT2D eigenvalue weighted by Crippen LogP contribution is -2.28. The van der Waals surface area contributed by atoms with Crippen LogP contribution < -0.4 is 10.2 Å². The molecule has 0 radical (unpaired) electrons. The number of aromatic nitrogens is 4. The van der Waals surface area contributed by atoms with Gasteiger partial charge in [-0.15, -0.1) is 5.10 Å². The molecule has 0 saturated carbocycles. The molecule has 142 valence electrons. The molecule has 1 saturated heterocycles. The summed E-state index contributed by atoms with van der Waals surface area (Å²) in [6.07, 6.45) is 0.181. The van der Waals surface area contributed by atoms with Crippen LogP contribution in [-0.2, 0) is 16.6 Å². The smallest absolute Gasteiger partial charge is 0.229 e. The quantitative estimate of drug-likeness (QED) is 0.672. The van der Waals surface area contributed by atoms with E-state index in [-0.39, 0.29) is 18.2 Å². The van der Waals surface area contributed by atoms with E-state index in [0.29, 0.717) is 18.1 Å². The lowest BCUT2D eigenvalue weighted by molar-refractivity contribution is -0.122. The molecule has 4 rings (SSSR count). The van der Waals surface area contributed by atoms with Crippen molar-refractivity contribution in [2.24, 2.45) is 13.0 Å². The van der Waals surface area contributed by atoms with Gasteiger partial charge in [-0.05, 0) is 50.6 Å². The van der Waals surface area contributed by atoms with Crippen molar-refractivity contribution in [2.75, 3.05) is 16.8 Å². The summed E-state index contributed by atoms with van der Waals surface area (Å²) in [7, 11) is 1.75. The Kier molecular flexibility index (Phi) is 4.91. The SMILES string of the molecule is Cn1nnnc1-c1cccc(NC(=O)C2CC(=O)N(c3ccccc3Br)C2)c1. The number of hydrogen-bond donors (Lipinski definition) is 1. The van der Waals surface area contributed by atoms with Gasteiger partial charge in [-0.2, -0.15) is 0 Å². The summed E-state index contributed by atoms with van der Waals surface area (Å²) in [5.41, 5.74) is 2.21. The van der Waals surface area contributed by atoms with Crippen molar-refractivity contribution in [1.82, 2.24) is 20.2 Å². The molecule has 9 heteroatoms. The molecule has 1 aliphatic heterocycles. The maximum absolute atomic E-state index is 12.7.